The molecule has 3 N–H and O–H groups in total. The Morgan fingerprint density at radius 1 is 0.750 bits per heavy atom. The Hall–Kier alpha value is -0.0800. The van der Waals surface area contributed by atoms with E-state index in [4.69, 9.17) is 5.84 Å². The van der Waals surface area contributed by atoms with E-state index in [0.717, 1.165) is 0 Å². The molecule has 0 aliphatic rings. The van der Waals surface area contributed by atoms with Gasteiger partial charge in [-0.05, 0) is 12.8 Å². The molecule has 1 atom stereocenters. The van der Waals surface area contributed by atoms with Crippen molar-refractivity contribution in [1.82, 2.24) is 5.43 Å². The summed E-state index contributed by atoms with van der Waals surface area (Å²) in [4.78, 5) is 0. The zero-order valence-corrected chi connectivity index (χ0v) is 11.4. The summed E-state index contributed by atoms with van der Waals surface area (Å²) in [5.41, 5.74) is 2.96. The van der Waals surface area contributed by atoms with Gasteiger partial charge >= 0.3 is 0 Å². The lowest BCUT2D eigenvalue weighted by Crippen LogP contribution is -2.34. The topological polar surface area (TPSA) is 38.0 Å². The van der Waals surface area contributed by atoms with Crippen LogP contribution in [0.4, 0.5) is 0 Å². The van der Waals surface area contributed by atoms with Crippen LogP contribution in [0.2, 0.25) is 0 Å². The largest absolute Gasteiger partial charge is 0.271 e. The van der Waals surface area contributed by atoms with Gasteiger partial charge in [-0.15, -0.1) is 0 Å². The number of rotatable bonds is 12. The zero-order chi connectivity index (χ0) is 12.1. The van der Waals surface area contributed by atoms with E-state index < -0.39 is 0 Å². The number of hydrazine groups is 1. The minimum atomic E-state index is 0.553. The third-order valence-corrected chi connectivity index (χ3v) is 3.30. The fraction of sp³-hybridized carbons (Fsp3) is 1.00. The van der Waals surface area contributed by atoms with Crippen molar-refractivity contribution >= 4 is 0 Å². The molecule has 0 aliphatic carbocycles. The van der Waals surface area contributed by atoms with Crippen LogP contribution in [0.25, 0.3) is 0 Å². The molecule has 98 valence electrons. The smallest absolute Gasteiger partial charge is 0.0210 e. The van der Waals surface area contributed by atoms with Crippen LogP contribution in [0.15, 0.2) is 0 Å². The number of nitrogens with one attached hydrogen (secondary N) is 1. The fourth-order valence-electron chi connectivity index (χ4n) is 2.12. The zero-order valence-electron chi connectivity index (χ0n) is 11.4. The van der Waals surface area contributed by atoms with Crippen molar-refractivity contribution in [3.8, 4) is 0 Å². The van der Waals surface area contributed by atoms with E-state index in [1.54, 1.807) is 0 Å². The standard InChI is InChI=1S/C14H32N2/c1-3-5-7-8-9-11-13-14(16-15)12-10-6-4-2/h14,16H,3-13,15H2,1-2H3. The average Bonchev–Trinajstić information content (AvgIpc) is 2.31. The summed E-state index contributed by atoms with van der Waals surface area (Å²) < 4.78 is 0. The number of unbranched alkanes of at least 4 members (excludes halogenated alkanes) is 7. The maximum atomic E-state index is 5.57. The van der Waals surface area contributed by atoms with Gasteiger partial charge in [0.2, 0.25) is 0 Å². The second kappa shape index (κ2) is 13.0. The van der Waals surface area contributed by atoms with Crippen LogP contribution in [0.1, 0.15) is 84.5 Å². The molecule has 0 fully saturated rings. The van der Waals surface area contributed by atoms with E-state index in [1.807, 2.05) is 0 Å². The maximum Gasteiger partial charge on any atom is 0.0210 e. The van der Waals surface area contributed by atoms with Gasteiger partial charge in [0.25, 0.3) is 0 Å². The summed E-state index contributed by atoms with van der Waals surface area (Å²) in [6.45, 7) is 4.51. The summed E-state index contributed by atoms with van der Waals surface area (Å²) in [6.07, 6.45) is 14.7. The summed E-state index contributed by atoms with van der Waals surface area (Å²) in [7, 11) is 0. The predicted octanol–water partition coefficient (Wildman–Crippen LogP) is 4.15. The molecule has 0 saturated carbocycles. The van der Waals surface area contributed by atoms with Crippen molar-refractivity contribution in [2.45, 2.75) is 90.5 Å². The molecule has 16 heavy (non-hydrogen) atoms. The lowest BCUT2D eigenvalue weighted by atomic mass is 10.0. The Labute approximate surface area is 102 Å². The summed E-state index contributed by atoms with van der Waals surface area (Å²) in [5.74, 6) is 5.57. The van der Waals surface area contributed by atoms with Crippen molar-refractivity contribution in [2.75, 3.05) is 0 Å². The highest BCUT2D eigenvalue weighted by molar-refractivity contribution is 4.63. The van der Waals surface area contributed by atoms with Crippen LogP contribution in [0, 0.1) is 0 Å². The fourth-order valence-corrected chi connectivity index (χ4v) is 2.12. The van der Waals surface area contributed by atoms with Crippen LogP contribution in [0.5, 0.6) is 0 Å². The quantitative estimate of drug-likeness (QED) is 0.299. The molecule has 0 rings (SSSR count). The average molecular weight is 228 g/mol. The highest BCUT2D eigenvalue weighted by atomic mass is 15.2. The molecule has 0 radical (unpaired) electrons. The SMILES string of the molecule is CCCCCCCCC(CCCCC)NN. The molecular weight excluding hydrogens is 196 g/mol. The monoisotopic (exact) mass is 228 g/mol. The Kier molecular flexibility index (Phi) is 12.9. The van der Waals surface area contributed by atoms with Crippen molar-refractivity contribution in [3.63, 3.8) is 0 Å². The molecule has 0 spiro atoms. The molecule has 0 bridgehead atoms. The van der Waals surface area contributed by atoms with Gasteiger partial charge in [-0.3, -0.25) is 11.3 Å². The van der Waals surface area contributed by atoms with Crippen LogP contribution in [0.3, 0.4) is 0 Å². The van der Waals surface area contributed by atoms with Crippen LogP contribution >= 0.6 is 0 Å². The first kappa shape index (κ1) is 15.9. The van der Waals surface area contributed by atoms with E-state index in [9.17, 15) is 0 Å². The summed E-state index contributed by atoms with van der Waals surface area (Å²) in [6, 6.07) is 0.553. The van der Waals surface area contributed by atoms with Gasteiger partial charge in [0.1, 0.15) is 0 Å². The van der Waals surface area contributed by atoms with E-state index in [2.05, 4.69) is 19.3 Å². The van der Waals surface area contributed by atoms with Crippen molar-refractivity contribution in [3.05, 3.63) is 0 Å². The van der Waals surface area contributed by atoms with Gasteiger partial charge in [-0.25, -0.2) is 0 Å². The Morgan fingerprint density at radius 3 is 1.75 bits per heavy atom. The van der Waals surface area contributed by atoms with Gasteiger partial charge in [0, 0.05) is 6.04 Å². The highest BCUT2D eigenvalue weighted by Gasteiger charge is 2.05. The van der Waals surface area contributed by atoms with Gasteiger partial charge in [0.15, 0.2) is 0 Å². The van der Waals surface area contributed by atoms with Gasteiger partial charge in [-0.2, -0.15) is 0 Å². The molecule has 0 saturated heterocycles. The van der Waals surface area contributed by atoms with Crippen molar-refractivity contribution in [2.24, 2.45) is 5.84 Å². The van der Waals surface area contributed by atoms with Crippen molar-refractivity contribution in [1.29, 1.82) is 0 Å². The summed E-state index contributed by atoms with van der Waals surface area (Å²) in [5, 5.41) is 0. The first-order chi connectivity index (χ1) is 7.85. The van der Waals surface area contributed by atoms with Gasteiger partial charge in [-0.1, -0.05) is 71.6 Å². The molecule has 1 unspecified atom stereocenters. The Balaban J connectivity index is 3.26. The predicted molar refractivity (Wildman–Crippen MR) is 73.2 cm³/mol. The normalized spacial score (nSPS) is 12.9. The Morgan fingerprint density at radius 2 is 1.19 bits per heavy atom. The number of nitrogens with two attached hydrogens (primary N) is 1. The third kappa shape index (κ3) is 10.4. The first-order valence-corrected chi connectivity index (χ1v) is 7.31. The van der Waals surface area contributed by atoms with Crippen LogP contribution in [-0.2, 0) is 0 Å². The minimum absolute atomic E-state index is 0.553. The molecule has 2 heteroatoms. The van der Waals surface area contributed by atoms with Gasteiger partial charge < -0.3 is 0 Å². The first-order valence-electron chi connectivity index (χ1n) is 7.31. The lowest BCUT2D eigenvalue weighted by Gasteiger charge is -2.15. The van der Waals surface area contributed by atoms with Crippen molar-refractivity contribution < 1.29 is 0 Å². The maximum absolute atomic E-state index is 5.57. The van der Waals surface area contributed by atoms with E-state index in [0.29, 0.717) is 6.04 Å². The molecule has 0 amide bonds. The van der Waals surface area contributed by atoms with Crippen LogP contribution < -0.4 is 11.3 Å². The molecule has 0 heterocycles. The second-order valence-corrected chi connectivity index (χ2v) is 4.92. The molecule has 0 aromatic carbocycles. The minimum Gasteiger partial charge on any atom is -0.271 e. The number of hydrogen-bond donors (Lipinski definition) is 2. The van der Waals surface area contributed by atoms with Gasteiger partial charge in [0.05, 0.1) is 0 Å². The molecular formula is C14H32N2. The third-order valence-electron chi connectivity index (χ3n) is 3.30. The molecule has 0 aromatic rings. The second-order valence-electron chi connectivity index (χ2n) is 4.92. The molecule has 2 nitrogen and oxygen atoms in total. The molecule has 0 aliphatic heterocycles. The molecule has 0 aromatic heterocycles. The number of hydrogen-bond acceptors (Lipinski definition) is 2. The highest BCUT2D eigenvalue weighted by Crippen LogP contribution is 2.12. The summed E-state index contributed by atoms with van der Waals surface area (Å²) >= 11 is 0. The van der Waals surface area contributed by atoms with E-state index in [-0.39, 0.29) is 0 Å². The van der Waals surface area contributed by atoms with E-state index >= 15 is 0 Å². The lowest BCUT2D eigenvalue weighted by molar-refractivity contribution is 0.423. The van der Waals surface area contributed by atoms with Crippen LogP contribution in [-0.4, -0.2) is 6.04 Å². The van der Waals surface area contributed by atoms with E-state index in [1.165, 1.54) is 70.6 Å². The Bertz CT molecular complexity index is 126.